The van der Waals surface area contributed by atoms with Crippen molar-refractivity contribution >= 4 is 29.4 Å². The minimum absolute atomic E-state index is 0.132. The van der Waals surface area contributed by atoms with Gasteiger partial charge in [0.1, 0.15) is 0 Å². The molecule has 0 aliphatic carbocycles. The number of carbonyl (C=O) groups is 3. The predicted molar refractivity (Wildman–Crippen MR) is 69.0 cm³/mol. The van der Waals surface area contributed by atoms with Crippen LogP contribution in [0.4, 0.5) is 18.0 Å². The van der Waals surface area contributed by atoms with Gasteiger partial charge in [0.05, 0.1) is 0 Å². The number of carbonyl (C=O) groups excluding carboxylic acids is 3. The molecule has 1 saturated heterocycles. The molecule has 1 fully saturated rings. The second-order valence-corrected chi connectivity index (χ2v) is 4.94. The first-order chi connectivity index (χ1) is 10.1. The van der Waals surface area contributed by atoms with Crippen molar-refractivity contribution in [2.45, 2.75) is 11.8 Å². The highest BCUT2D eigenvalue weighted by Crippen LogP contribution is 2.33. The molecule has 0 saturated carbocycles. The number of benzene rings is 1. The first-order valence-electron chi connectivity index (χ1n) is 5.83. The van der Waals surface area contributed by atoms with E-state index >= 15 is 0 Å². The first kappa shape index (κ1) is 16.1. The molecule has 6 nitrogen and oxygen atoms in total. The van der Waals surface area contributed by atoms with Gasteiger partial charge in [-0.15, -0.1) is 0 Å². The van der Waals surface area contributed by atoms with Crippen molar-refractivity contribution in [1.29, 1.82) is 0 Å². The van der Waals surface area contributed by atoms with Crippen molar-refractivity contribution in [3.8, 4) is 0 Å². The summed E-state index contributed by atoms with van der Waals surface area (Å²) < 4.78 is 39.8. The summed E-state index contributed by atoms with van der Waals surface area (Å²) in [7, 11) is 0.872. The Labute approximate surface area is 127 Å². The third-order valence-electron chi connectivity index (χ3n) is 3.04. The molecule has 1 aliphatic rings. The molecule has 0 unspecified atom stereocenters. The van der Waals surface area contributed by atoms with Crippen LogP contribution in [-0.2, 0) is 4.79 Å². The molecule has 1 aliphatic heterocycles. The van der Waals surface area contributed by atoms with E-state index in [0.717, 1.165) is 13.1 Å². The van der Waals surface area contributed by atoms with E-state index in [9.17, 15) is 27.6 Å². The molecule has 1 aromatic carbocycles. The van der Waals surface area contributed by atoms with E-state index in [4.69, 9.17) is 11.6 Å². The molecule has 22 heavy (non-hydrogen) atoms. The second kappa shape index (κ2) is 5.16. The molecule has 1 aromatic rings. The van der Waals surface area contributed by atoms with Crippen LogP contribution >= 0.6 is 11.6 Å². The number of nitrogens with zero attached hydrogens (tertiary/aromatic N) is 1. The molecule has 0 radical (unpaired) electrons. The van der Waals surface area contributed by atoms with E-state index in [1.165, 1.54) is 23.5 Å². The topological polar surface area (TPSA) is 78.5 Å². The van der Waals surface area contributed by atoms with Crippen LogP contribution in [0.25, 0.3) is 0 Å². The lowest BCUT2D eigenvalue weighted by Crippen LogP contribution is -2.69. The summed E-state index contributed by atoms with van der Waals surface area (Å²) in [6.45, 7) is 0. The highest BCUT2D eigenvalue weighted by atomic mass is 35.5. The van der Waals surface area contributed by atoms with Crippen molar-refractivity contribution in [2.24, 2.45) is 0 Å². The van der Waals surface area contributed by atoms with Crippen molar-refractivity contribution < 1.29 is 27.6 Å². The van der Waals surface area contributed by atoms with Gasteiger partial charge >= 0.3 is 12.2 Å². The summed E-state index contributed by atoms with van der Waals surface area (Å²) in [6, 6.07) is 3.86. The number of imide groups is 1. The van der Waals surface area contributed by atoms with Gasteiger partial charge in [0, 0.05) is 17.6 Å². The maximum absolute atomic E-state index is 13.3. The van der Waals surface area contributed by atoms with Crippen molar-refractivity contribution in [3.05, 3.63) is 34.9 Å². The Kier molecular flexibility index (Phi) is 3.78. The summed E-state index contributed by atoms with van der Waals surface area (Å²) in [5, 5.41) is 3.14. The number of nitrogens with one attached hydrogen (secondary N) is 2. The van der Waals surface area contributed by atoms with Gasteiger partial charge in [0.25, 0.3) is 17.5 Å². The maximum atomic E-state index is 13.3. The van der Waals surface area contributed by atoms with Gasteiger partial charge in [0.2, 0.25) is 0 Å². The fourth-order valence-electron chi connectivity index (χ4n) is 1.86. The largest absolute Gasteiger partial charge is 0.440 e. The minimum Gasteiger partial charge on any atom is -0.314 e. The van der Waals surface area contributed by atoms with Gasteiger partial charge < -0.3 is 5.32 Å². The molecular weight excluding hydrogens is 327 g/mol. The second-order valence-electron chi connectivity index (χ2n) is 4.51. The quantitative estimate of drug-likeness (QED) is 0.804. The smallest absolute Gasteiger partial charge is 0.314 e. The van der Waals surface area contributed by atoms with E-state index < -0.39 is 29.7 Å². The molecule has 10 heteroatoms. The zero-order chi connectivity index (χ0) is 16.7. The normalized spacial score (nSPS) is 21.8. The van der Waals surface area contributed by atoms with Crippen LogP contribution < -0.4 is 10.6 Å². The number of likely N-dealkylation sites (N-methyl/N-ethyl adjacent to an activating group) is 1. The Morgan fingerprint density at radius 3 is 2.45 bits per heavy atom. The van der Waals surface area contributed by atoms with E-state index in [1.807, 2.05) is 0 Å². The Bertz CT molecular complexity index is 665. The molecule has 4 amide bonds. The molecule has 1 atom stereocenters. The number of amides is 4. The third-order valence-corrected chi connectivity index (χ3v) is 3.27. The van der Waals surface area contributed by atoms with Gasteiger partial charge in [-0.2, -0.15) is 13.2 Å². The van der Waals surface area contributed by atoms with Gasteiger partial charge in [-0.05, 0) is 18.2 Å². The van der Waals surface area contributed by atoms with Gasteiger partial charge in [-0.3, -0.25) is 19.8 Å². The fourth-order valence-corrected chi connectivity index (χ4v) is 2.05. The minimum atomic E-state index is -5.22. The lowest BCUT2D eigenvalue weighted by Gasteiger charge is -2.29. The summed E-state index contributed by atoms with van der Waals surface area (Å²) in [5.41, 5.74) is -3.69. The molecular formula is C12H9ClF3N3O3. The van der Waals surface area contributed by atoms with Crippen LogP contribution in [0, 0.1) is 0 Å². The Balaban J connectivity index is 2.39. The molecule has 118 valence electrons. The Hall–Kier alpha value is -2.29. The maximum Gasteiger partial charge on any atom is 0.440 e. The molecule has 0 bridgehead atoms. The number of rotatable bonds is 2. The standard InChI is InChI=1S/C12H9ClF3N3O3/c1-19-9(21)11(12(14,15)16,18-10(19)22)17-8(20)6-3-2-4-7(13)5-6/h2-5H,1H3,(H,17,20)(H,18,22)/t11-/m0/s1. The van der Waals surface area contributed by atoms with Gasteiger partial charge in [-0.1, -0.05) is 17.7 Å². The lowest BCUT2D eigenvalue weighted by molar-refractivity contribution is -0.199. The van der Waals surface area contributed by atoms with Crippen LogP contribution in [0.15, 0.2) is 24.3 Å². The number of halogens is 4. The van der Waals surface area contributed by atoms with Crippen molar-refractivity contribution in [3.63, 3.8) is 0 Å². The summed E-state index contributed by atoms with van der Waals surface area (Å²) in [4.78, 5) is 35.4. The first-order valence-corrected chi connectivity index (χ1v) is 6.21. The number of alkyl halides is 3. The van der Waals surface area contributed by atoms with Crippen LogP contribution in [0.2, 0.25) is 5.02 Å². The van der Waals surface area contributed by atoms with Crippen molar-refractivity contribution in [1.82, 2.24) is 15.5 Å². The van der Waals surface area contributed by atoms with Crippen molar-refractivity contribution in [2.75, 3.05) is 7.05 Å². The highest BCUT2D eigenvalue weighted by Gasteiger charge is 2.68. The zero-order valence-corrected chi connectivity index (χ0v) is 11.7. The molecule has 1 heterocycles. The predicted octanol–water partition coefficient (Wildman–Crippen LogP) is 1.51. The molecule has 0 aromatic heterocycles. The van der Waals surface area contributed by atoms with E-state index in [2.05, 4.69) is 0 Å². The van der Waals surface area contributed by atoms with Crippen LogP contribution in [-0.4, -0.2) is 41.6 Å². The molecule has 2 N–H and O–H groups in total. The Morgan fingerprint density at radius 2 is 2.00 bits per heavy atom. The number of hydrogen-bond donors (Lipinski definition) is 2. The molecule has 2 rings (SSSR count). The SMILES string of the molecule is CN1C(=O)N[C@](NC(=O)c2cccc(Cl)c2)(C(F)(F)F)C1=O. The lowest BCUT2D eigenvalue weighted by atomic mass is 10.1. The summed E-state index contributed by atoms with van der Waals surface area (Å²) >= 11 is 5.66. The number of hydrogen-bond acceptors (Lipinski definition) is 3. The average molecular weight is 336 g/mol. The van der Waals surface area contributed by atoms with Crippen LogP contribution in [0.3, 0.4) is 0 Å². The third kappa shape index (κ3) is 2.47. The van der Waals surface area contributed by atoms with Crippen LogP contribution in [0.5, 0.6) is 0 Å². The van der Waals surface area contributed by atoms with E-state index in [-0.39, 0.29) is 15.5 Å². The van der Waals surface area contributed by atoms with E-state index in [1.54, 1.807) is 5.32 Å². The monoisotopic (exact) mass is 335 g/mol. The summed E-state index contributed by atoms with van der Waals surface area (Å²) in [6.07, 6.45) is -5.22. The van der Waals surface area contributed by atoms with E-state index in [0.29, 0.717) is 0 Å². The summed E-state index contributed by atoms with van der Waals surface area (Å²) in [5.74, 6) is -2.83. The Morgan fingerprint density at radius 1 is 1.36 bits per heavy atom. The zero-order valence-electron chi connectivity index (χ0n) is 11.0. The highest BCUT2D eigenvalue weighted by molar-refractivity contribution is 6.31. The van der Waals surface area contributed by atoms with Crippen LogP contribution in [0.1, 0.15) is 10.4 Å². The van der Waals surface area contributed by atoms with Gasteiger partial charge in [0.15, 0.2) is 0 Å². The fraction of sp³-hybridized carbons (Fsp3) is 0.250. The average Bonchev–Trinajstić information content (AvgIpc) is 2.63. The number of urea groups is 1. The van der Waals surface area contributed by atoms with Gasteiger partial charge in [-0.25, -0.2) is 4.79 Å². The molecule has 0 spiro atoms.